The largest absolute Gasteiger partial charge is 0.347 e. The third-order valence-corrected chi connectivity index (χ3v) is 4.50. The Balaban J connectivity index is 1.93. The highest BCUT2D eigenvalue weighted by atomic mass is 32.2. The maximum Gasteiger partial charge on any atom is 0.243 e. The predicted octanol–water partition coefficient (Wildman–Crippen LogP) is 0.893. The molecule has 1 aromatic carbocycles. The van der Waals surface area contributed by atoms with E-state index in [-0.39, 0.29) is 11.4 Å². The highest BCUT2D eigenvalue weighted by molar-refractivity contribution is 7.89. The highest BCUT2D eigenvalue weighted by Gasteiger charge is 2.19. The number of fused-ring (bicyclic) bond motifs is 1. The average Bonchev–Trinajstić information content (AvgIpc) is 3.06. The first-order valence-electron chi connectivity index (χ1n) is 5.36. The van der Waals surface area contributed by atoms with Gasteiger partial charge in [0.1, 0.15) is 21.8 Å². The van der Waals surface area contributed by atoms with Crippen LogP contribution in [-0.2, 0) is 16.6 Å². The molecule has 0 unspecified atom stereocenters. The van der Waals surface area contributed by atoms with E-state index in [1.54, 1.807) is 24.5 Å². The van der Waals surface area contributed by atoms with Crippen molar-refractivity contribution in [3.8, 4) is 0 Å². The van der Waals surface area contributed by atoms with Gasteiger partial charge in [0.05, 0.1) is 18.3 Å². The summed E-state index contributed by atoms with van der Waals surface area (Å²) in [5.41, 5.74) is 0.963. The monoisotopic (exact) mass is 295 g/mol. The Labute approximate surface area is 113 Å². The minimum atomic E-state index is -3.64. The Morgan fingerprint density at radius 3 is 3.00 bits per heavy atom. The van der Waals surface area contributed by atoms with Gasteiger partial charge >= 0.3 is 0 Å². The fourth-order valence-electron chi connectivity index (χ4n) is 1.63. The molecule has 0 saturated heterocycles. The SMILES string of the molecule is O=S(=O)(NCc1ncc[nH]1)c1cccc2nsnc12. The second-order valence-electron chi connectivity index (χ2n) is 3.75. The van der Waals surface area contributed by atoms with E-state index < -0.39 is 10.0 Å². The summed E-state index contributed by atoms with van der Waals surface area (Å²) in [6.07, 6.45) is 3.20. The number of H-pyrrole nitrogens is 1. The number of rotatable bonds is 4. The van der Waals surface area contributed by atoms with Crippen LogP contribution in [0.1, 0.15) is 5.82 Å². The van der Waals surface area contributed by atoms with E-state index in [9.17, 15) is 8.42 Å². The van der Waals surface area contributed by atoms with Gasteiger partial charge in [-0.15, -0.1) is 0 Å². The molecule has 0 aliphatic carbocycles. The van der Waals surface area contributed by atoms with Gasteiger partial charge < -0.3 is 4.98 Å². The van der Waals surface area contributed by atoms with E-state index in [0.717, 1.165) is 11.7 Å². The van der Waals surface area contributed by atoms with Crippen molar-refractivity contribution < 1.29 is 8.42 Å². The van der Waals surface area contributed by atoms with Crippen LogP contribution >= 0.6 is 11.7 Å². The van der Waals surface area contributed by atoms with Crippen LogP contribution in [0.4, 0.5) is 0 Å². The van der Waals surface area contributed by atoms with Gasteiger partial charge in [-0.25, -0.2) is 18.1 Å². The normalized spacial score (nSPS) is 12.0. The summed E-state index contributed by atoms with van der Waals surface area (Å²) in [7, 11) is -3.64. The van der Waals surface area contributed by atoms with Crippen LogP contribution in [0.15, 0.2) is 35.5 Å². The molecule has 0 spiro atoms. The molecule has 9 heteroatoms. The van der Waals surface area contributed by atoms with E-state index in [4.69, 9.17) is 0 Å². The van der Waals surface area contributed by atoms with E-state index in [1.165, 1.54) is 6.07 Å². The maximum atomic E-state index is 12.2. The number of aromatic nitrogens is 4. The third-order valence-electron chi connectivity index (χ3n) is 2.52. The lowest BCUT2D eigenvalue weighted by Gasteiger charge is -2.05. The molecule has 0 aliphatic heterocycles. The molecule has 0 bridgehead atoms. The van der Waals surface area contributed by atoms with Gasteiger partial charge in [-0.2, -0.15) is 8.75 Å². The van der Waals surface area contributed by atoms with E-state index in [0.29, 0.717) is 16.9 Å². The zero-order valence-electron chi connectivity index (χ0n) is 9.57. The number of hydrogen-bond acceptors (Lipinski definition) is 6. The zero-order valence-corrected chi connectivity index (χ0v) is 11.2. The molecule has 2 aromatic heterocycles. The molecule has 7 nitrogen and oxygen atoms in total. The lowest BCUT2D eigenvalue weighted by molar-refractivity contribution is 0.580. The van der Waals surface area contributed by atoms with Crippen LogP contribution in [-0.4, -0.2) is 27.1 Å². The van der Waals surface area contributed by atoms with Crippen LogP contribution in [0, 0.1) is 0 Å². The first-order chi connectivity index (χ1) is 9.17. The molecule has 0 fully saturated rings. The minimum Gasteiger partial charge on any atom is -0.347 e. The van der Waals surface area contributed by atoms with Crippen molar-refractivity contribution in [1.82, 2.24) is 23.4 Å². The second-order valence-corrected chi connectivity index (χ2v) is 6.01. The topological polar surface area (TPSA) is 101 Å². The summed E-state index contributed by atoms with van der Waals surface area (Å²) >= 11 is 0.988. The number of nitrogens with zero attached hydrogens (tertiary/aromatic N) is 3. The van der Waals surface area contributed by atoms with E-state index in [2.05, 4.69) is 23.4 Å². The summed E-state index contributed by atoms with van der Waals surface area (Å²) in [5.74, 6) is 0.548. The molecular weight excluding hydrogens is 286 g/mol. The molecule has 0 atom stereocenters. The van der Waals surface area contributed by atoms with Gasteiger partial charge in [-0.1, -0.05) is 6.07 Å². The van der Waals surface area contributed by atoms with Crippen molar-refractivity contribution in [3.05, 3.63) is 36.4 Å². The maximum absolute atomic E-state index is 12.2. The minimum absolute atomic E-state index is 0.100. The number of sulfonamides is 1. The fraction of sp³-hybridized carbons (Fsp3) is 0.100. The summed E-state index contributed by atoms with van der Waals surface area (Å²) in [6, 6.07) is 4.88. The van der Waals surface area contributed by atoms with E-state index >= 15 is 0 Å². The Morgan fingerprint density at radius 1 is 1.32 bits per heavy atom. The van der Waals surface area contributed by atoms with Gasteiger partial charge in [0.2, 0.25) is 10.0 Å². The Morgan fingerprint density at radius 2 is 2.21 bits per heavy atom. The summed E-state index contributed by atoms with van der Waals surface area (Å²) < 4.78 is 35.0. The lowest BCUT2D eigenvalue weighted by Crippen LogP contribution is -2.24. The molecule has 3 rings (SSSR count). The fourth-order valence-corrected chi connectivity index (χ4v) is 3.39. The van der Waals surface area contributed by atoms with Crippen molar-refractivity contribution >= 4 is 32.8 Å². The molecule has 0 amide bonds. The number of hydrogen-bond donors (Lipinski definition) is 2. The molecular formula is C10H9N5O2S2. The first kappa shape index (κ1) is 12.2. The summed E-state index contributed by atoms with van der Waals surface area (Å²) in [6.45, 7) is 0.100. The Kier molecular flexibility index (Phi) is 3.01. The smallest absolute Gasteiger partial charge is 0.243 e. The molecule has 2 heterocycles. The van der Waals surface area contributed by atoms with Crippen LogP contribution in [0.25, 0.3) is 11.0 Å². The quantitative estimate of drug-likeness (QED) is 0.744. The van der Waals surface area contributed by atoms with Crippen molar-refractivity contribution in [2.24, 2.45) is 0 Å². The lowest BCUT2D eigenvalue weighted by atomic mass is 10.3. The molecule has 2 N–H and O–H groups in total. The van der Waals surface area contributed by atoms with Crippen molar-refractivity contribution in [1.29, 1.82) is 0 Å². The molecule has 19 heavy (non-hydrogen) atoms. The van der Waals surface area contributed by atoms with Crippen LogP contribution in [0.2, 0.25) is 0 Å². The number of imidazole rings is 1. The Hall–Kier alpha value is -1.84. The molecule has 0 aliphatic rings. The third kappa shape index (κ3) is 2.35. The van der Waals surface area contributed by atoms with Crippen LogP contribution in [0.3, 0.4) is 0 Å². The first-order valence-corrected chi connectivity index (χ1v) is 7.57. The van der Waals surface area contributed by atoms with Gasteiger partial charge in [0, 0.05) is 12.4 Å². The van der Waals surface area contributed by atoms with Gasteiger partial charge in [0.15, 0.2) is 0 Å². The standard InChI is InChI=1S/C10H9N5O2S2/c16-19(17,13-6-9-11-4-5-12-9)8-3-1-2-7-10(8)15-18-14-7/h1-5,13H,6H2,(H,11,12). The van der Waals surface area contributed by atoms with Crippen LogP contribution in [0.5, 0.6) is 0 Å². The predicted molar refractivity (Wildman–Crippen MR) is 70.0 cm³/mol. The van der Waals surface area contributed by atoms with Gasteiger partial charge in [0.25, 0.3) is 0 Å². The number of aromatic amines is 1. The molecule has 98 valence electrons. The second kappa shape index (κ2) is 4.68. The van der Waals surface area contributed by atoms with E-state index in [1.807, 2.05) is 0 Å². The molecule has 0 radical (unpaired) electrons. The number of nitrogens with one attached hydrogen (secondary N) is 2. The number of benzene rings is 1. The summed E-state index contributed by atoms with van der Waals surface area (Å²) in [5, 5.41) is 0. The van der Waals surface area contributed by atoms with Crippen molar-refractivity contribution in [2.45, 2.75) is 11.4 Å². The Bertz CT molecular complexity index is 794. The highest BCUT2D eigenvalue weighted by Crippen LogP contribution is 2.20. The van der Waals surface area contributed by atoms with Gasteiger partial charge in [-0.3, -0.25) is 0 Å². The average molecular weight is 295 g/mol. The zero-order chi connectivity index (χ0) is 13.3. The van der Waals surface area contributed by atoms with Gasteiger partial charge in [-0.05, 0) is 12.1 Å². The molecule has 0 saturated carbocycles. The summed E-state index contributed by atoms with van der Waals surface area (Å²) in [4.78, 5) is 6.92. The van der Waals surface area contributed by atoms with Crippen molar-refractivity contribution in [2.75, 3.05) is 0 Å². The molecule has 3 aromatic rings. The van der Waals surface area contributed by atoms with Crippen molar-refractivity contribution in [3.63, 3.8) is 0 Å². The van der Waals surface area contributed by atoms with Crippen LogP contribution < -0.4 is 4.72 Å².